The number of aromatic nitrogens is 2. The molecule has 0 amide bonds. The Morgan fingerprint density at radius 1 is 1.09 bits per heavy atom. The maximum Gasteiger partial charge on any atom is 0.511 e. The molecule has 1 aromatic heterocycles. The van der Waals surface area contributed by atoms with Crippen molar-refractivity contribution in [1.29, 1.82) is 0 Å². The van der Waals surface area contributed by atoms with Gasteiger partial charge in [0, 0.05) is 31.4 Å². The molecule has 0 saturated carbocycles. The van der Waals surface area contributed by atoms with Crippen molar-refractivity contribution in [3.05, 3.63) is 52.3 Å². The van der Waals surface area contributed by atoms with Crippen LogP contribution in [-0.4, -0.2) is 55.7 Å². The van der Waals surface area contributed by atoms with E-state index in [1.54, 1.807) is 17.9 Å². The first-order chi connectivity index (χ1) is 16.0. The lowest BCUT2D eigenvalue weighted by Crippen LogP contribution is -2.17. The minimum absolute atomic E-state index is 0.00865. The number of rotatable bonds is 8. The first kappa shape index (κ1) is 26.6. The van der Waals surface area contributed by atoms with Crippen molar-refractivity contribution in [2.24, 2.45) is 12.0 Å². The van der Waals surface area contributed by atoms with Crippen molar-refractivity contribution >= 4 is 29.7 Å². The molecule has 0 bridgehead atoms. The van der Waals surface area contributed by atoms with Gasteiger partial charge in [-0.2, -0.15) is 5.10 Å². The molecule has 9 nitrogen and oxygen atoms in total. The van der Waals surface area contributed by atoms with Crippen molar-refractivity contribution in [1.82, 2.24) is 9.78 Å². The van der Waals surface area contributed by atoms with E-state index < -0.39 is 25.5 Å². The standard InChI is InChI=1S/C25H33N3O6/c1-16-17(2)27-28(7)22(16)23(33-15-34-24(30)32-14-21(29)31-8)20(13-26-6)18-9-11-19(12-10-18)25(3,4)5/h9-13H,14-15H2,1-8H3/b23-20-,26-13?. The molecule has 0 saturated heterocycles. The summed E-state index contributed by atoms with van der Waals surface area (Å²) in [6.45, 7) is 9.31. The minimum Gasteiger partial charge on any atom is -0.466 e. The number of carbonyl (C=O) groups is 2. The highest BCUT2D eigenvalue weighted by atomic mass is 16.8. The summed E-state index contributed by atoms with van der Waals surface area (Å²) in [5.74, 6) is -0.255. The third-order valence-corrected chi connectivity index (χ3v) is 5.22. The summed E-state index contributed by atoms with van der Waals surface area (Å²) < 4.78 is 21.8. The number of benzene rings is 1. The van der Waals surface area contributed by atoms with E-state index in [0.29, 0.717) is 11.3 Å². The molecule has 9 heteroatoms. The van der Waals surface area contributed by atoms with Gasteiger partial charge in [-0.3, -0.25) is 9.67 Å². The molecule has 0 unspecified atom stereocenters. The third-order valence-electron chi connectivity index (χ3n) is 5.22. The first-order valence-corrected chi connectivity index (χ1v) is 10.8. The fraction of sp³-hybridized carbons (Fsp3) is 0.440. The highest BCUT2D eigenvalue weighted by molar-refractivity contribution is 6.18. The number of hydrogen-bond acceptors (Lipinski definition) is 8. The number of ether oxygens (including phenoxy) is 4. The Morgan fingerprint density at radius 2 is 1.74 bits per heavy atom. The summed E-state index contributed by atoms with van der Waals surface area (Å²) in [4.78, 5) is 27.2. The molecule has 0 N–H and O–H groups in total. The third kappa shape index (κ3) is 6.69. The Balaban J connectivity index is 2.45. The lowest BCUT2D eigenvalue weighted by atomic mass is 9.86. The van der Waals surface area contributed by atoms with Crippen LogP contribution in [0.4, 0.5) is 4.79 Å². The summed E-state index contributed by atoms with van der Waals surface area (Å²) in [6.07, 6.45) is 0.640. The second-order valence-electron chi connectivity index (χ2n) is 8.66. The summed E-state index contributed by atoms with van der Waals surface area (Å²) in [5.41, 5.74) is 5.25. The quantitative estimate of drug-likeness (QED) is 0.246. The molecule has 1 heterocycles. The molecule has 2 aromatic rings. The van der Waals surface area contributed by atoms with Gasteiger partial charge < -0.3 is 18.9 Å². The van der Waals surface area contributed by atoms with Crippen molar-refractivity contribution in [3.63, 3.8) is 0 Å². The highest BCUT2D eigenvalue weighted by Crippen LogP contribution is 2.31. The number of allylic oxidation sites excluding steroid dienone is 1. The van der Waals surface area contributed by atoms with Gasteiger partial charge >= 0.3 is 12.1 Å². The predicted molar refractivity (Wildman–Crippen MR) is 129 cm³/mol. The lowest BCUT2D eigenvalue weighted by Gasteiger charge is -2.20. The number of esters is 1. The van der Waals surface area contributed by atoms with Gasteiger partial charge in [-0.05, 0) is 30.4 Å². The Kier molecular flexibility index (Phi) is 9.00. The molecule has 0 radical (unpaired) electrons. The molecule has 184 valence electrons. The molecule has 2 rings (SSSR count). The van der Waals surface area contributed by atoms with Crippen LogP contribution in [0.15, 0.2) is 29.3 Å². The smallest absolute Gasteiger partial charge is 0.466 e. The van der Waals surface area contributed by atoms with Crippen molar-refractivity contribution in [2.45, 2.75) is 40.0 Å². The van der Waals surface area contributed by atoms with Gasteiger partial charge in [0.15, 0.2) is 12.4 Å². The highest BCUT2D eigenvalue weighted by Gasteiger charge is 2.22. The van der Waals surface area contributed by atoms with Crippen LogP contribution in [0.2, 0.25) is 0 Å². The van der Waals surface area contributed by atoms with E-state index in [1.807, 2.05) is 33.0 Å². The van der Waals surface area contributed by atoms with Crippen molar-refractivity contribution in [3.8, 4) is 0 Å². The second-order valence-corrected chi connectivity index (χ2v) is 8.66. The van der Waals surface area contributed by atoms with Gasteiger partial charge in [-0.15, -0.1) is 0 Å². The van der Waals surface area contributed by atoms with E-state index in [0.717, 1.165) is 22.5 Å². The van der Waals surface area contributed by atoms with Crippen LogP contribution >= 0.6 is 0 Å². The van der Waals surface area contributed by atoms with Gasteiger partial charge in [-0.25, -0.2) is 9.59 Å². The fourth-order valence-electron chi connectivity index (χ4n) is 3.25. The molecule has 0 atom stereocenters. The molecule has 0 aliphatic heterocycles. The van der Waals surface area contributed by atoms with Gasteiger partial charge in [0.2, 0.25) is 6.79 Å². The zero-order chi connectivity index (χ0) is 25.5. The zero-order valence-electron chi connectivity index (χ0n) is 21.1. The molecule has 1 aromatic carbocycles. The van der Waals surface area contributed by atoms with E-state index >= 15 is 0 Å². The van der Waals surface area contributed by atoms with Gasteiger partial charge in [0.05, 0.1) is 12.8 Å². The Bertz CT molecular complexity index is 1080. The van der Waals surface area contributed by atoms with E-state index in [1.165, 1.54) is 12.7 Å². The monoisotopic (exact) mass is 471 g/mol. The second kappa shape index (κ2) is 11.5. The average molecular weight is 472 g/mol. The number of aliphatic imine (C=N–C) groups is 1. The summed E-state index contributed by atoms with van der Waals surface area (Å²) >= 11 is 0. The predicted octanol–water partition coefficient (Wildman–Crippen LogP) is 4.20. The Hall–Kier alpha value is -3.62. The number of carbonyl (C=O) groups excluding carboxylic acids is 2. The molecule has 0 aliphatic rings. The average Bonchev–Trinajstić information content (AvgIpc) is 3.04. The topological polar surface area (TPSA) is 101 Å². The first-order valence-electron chi connectivity index (χ1n) is 10.8. The van der Waals surface area contributed by atoms with E-state index in [9.17, 15) is 9.59 Å². The van der Waals surface area contributed by atoms with Crippen LogP contribution in [0.3, 0.4) is 0 Å². The molecule has 0 fully saturated rings. The van der Waals surface area contributed by atoms with Crippen LogP contribution in [-0.2, 0) is 36.2 Å². The maximum absolute atomic E-state index is 11.8. The SMILES string of the molecule is CN=C/C(=C(/OCOC(=O)OCC(=O)OC)c1c(C)c(C)nn1C)c1ccc(C(C)(C)C)cc1. The number of aryl methyl sites for hydroxylation is 2. The largest absolute Gasteiger partial charge is 0.511 e. The van der Waals surface area contributed by atoms with Gasteiger partial charge in [-0.1, -0.05) is 45.0 Å². The van der Waals surface area contributed by atoms with Crippen LogP contribution in [0.1, 0.15) is 48.8 Å². The van der Waals surface area contributed by atoms with Crippen molar-refractivity contribution in [2.75, 3.05) is 27.6 Å². The van der Waals surface area contributed by atoms with Gasteiger partial charge in [0.1, 0.15) is 5.69 Å². The van der Waals surface area contributed by atoms with E-state index in [-0.39, 0.29) is 5.41 Å². The minimum atomic E-state index is -1.05. The van der Waals surface area contributed by atoms with Crippen LogP contribution in [0, 0.1) is 13.8 Å². The number of hydrogen-bond donors (Lipinski definition) is 0. The molecular formula is C25H33N3O6. The fourth-order valence-corrected chi connectivity index (χ4v) is 3.25. The van der Waals surface area contributed by atoms with Gasteiger partial charge in [0.25, 0.3) is 0 Å². The lowest BCUT2D eigenvalue weighted by molar-refractivity contribution is -0.145. The number of methoxy groups -OCH3 is 1. The van der Waals surface area contributed by atoms with Crippen molar-refractivity contribution < 1.29 is 28.5 Å². The van der Waals surface area contributed by atoms with Crippen LogP contribution in [0.25, 0.3) is 11.3 Å². The summed E-state index contributed by atoms with van der Waals surface area (Å²) in [7, 11) is 4.68. The van der Waals surface area contributed by atoms with Crippen LogP contribution in [0.5, 0.6) is 0 Å². The molecule has 0 aliphatic carbocycles. The molecule has 0 spiro atoms. The van der Waals surface area contributed by atoms with E-state index in [4.69, 9.17) is 14.2 Å². The molecular weight excluding hydrogens is 438 g/mol. The Morgan fingerprint density at radius 3 is 2.24 bits per heavy atom. The summed E-state index contributed by atoms with van der Waals surface area (Å²) in [6, 6.07) is 8.15. The van der Waals surface area contributed by atoms with E-state index in [2.05, 4.69) is 47.7 Å². The normalized spacial score (nSPS) is 12.4. The Labute approximate surface area is 200 Å². The summed E-state index contributed by atoms with van der Waals surface area (Å²) in [5, 5.41) is 4.49. The van der Waals surface area contributed by atoms with Crippen LogP contribution < -0.4 is 0 Å². The number of nitrogens with zero attached hydrogens (tertiary/aromatic N) is 3. The zero-order valence-corrected chi connectivity index (χ0v) is 21.1. The maximum atomic E-state index is 11.8. The molecule has 34 heavy (non-hydrogen) atoms.